The Kier molecular flexibility index (Phi) is 3.54. The molecule has 0 unspecified atom stereocenters. The van der Waals surface area contributed by atoms with Crippen LogP contribution in [0.4, 0.5) is 0 Å². The Hall–Kier alpha value is -2.72. The molecule has 0 atom stereocenters. The molecule has 24 heavy (non-hydrogen) atoms. The number of benzene rings is 2. The van der Waals surface area contributed by atoms with Gasteiger partial charge in [-0.3, -0.25) is 9.59 Å². The van der Waals surface area contributed by atoms with Crippen molar-refractivity contribution in [1.29, 1.82) is 0 Å². The SMILES string of the molecule is O=C1C(=O)c2nc(CCc3cccc(Cl)c3)oc2-c2ccccc21. The topological polar surface area (TPSA) is 60.2 Å². The molecule has 0 fully saturated rings. The summed E-state index contributed by atoms with van der Waals surface area (Å²) >= 11 is 5.98. The molecule has 1 aromatic heterocycles. The van der Waals surface area contributed by atoms with E-state index in [1.54, 1.807) is 24.3 Å². The molecule has 1 aliphatic rings. The van der Waals surface area contributed by atoms with Crippen molar-refractivity contribution < 1.29 is 14.0 Å². The molecule has 0 radical (unpaired) electrons. The number of oxazole rings is 1. The Balaban J connectivity index is 1.66. The molecular formula is C19H12ClNO3. The third-order valence-electron chi connectivity index (χ3n) is 4.03. The molecule has 0 saturated carbocycles. The molecule has 4 nitrogen and oxygen atoms in total. The number of rotatable bonds is 3. The summed E-state index contributed by atoms with van der Waals surface area (Å²) in [6.45, 7) is 0. The number of aromatic nitrogens is 1. The lowest BCUT2D eigenvalue weighted by atomic mass is 9.91. The first-order valence-electron chi connectivity index (χ1n) is 7.56. The summed E-state index contributed by atoms with van der Waals surface area (Å²) in [4.78, 5) is 28.6. The quantitative estimate of drug-likeness (QED) is 0.673. The predicted octanol–water partition coefficient (Wildman–Crippen LogP) is 4.16. The first kappa shape index (κ1) is 14.8. The van der Waals surface area contributed by atoms with Crippen molar-refractivity contribution in [3.05, 3.63) is 76.3 Å². The molecule has 1 aliphatic carbocycles. The summed E-state index contributed by atoms with van der Waals surface area (Å²) in [5.41, 5.74) is 2.16. The van der Waals surface area contributed by atoms with Crippen LogP contribution in [0.2, 0.25) is 5.02 Å². The van der Waals surface area contributed by atoms with Crippen LogP contribution in [-0.2, 0) is 12.8 Å². The van der Waals surface area contributed by atoms with Crippen LogP contribution in [0, 0.1) is 0 Å². The number of hydrogen-bond acceptors (Lipinski definition) is 4. The van der Waals surface area contributed by atoms with E-state index in [0.29, 0.717) is 40.6 Å². The van der Waals surface area contributed by atoms with Gasteiger partial charge in [-0.1, -0.05) is 48.0 Å². The first-order valence-corrected chi connectivity index (χ1v) is 7.94. The number of ketones is 2. The molecule has 0 bridgehead atoms. The summed E-state index contributed by atoms with van der Waals surface area (Å²) < 4.78 is 5.79. The number of carbonyl (C=O) groups is 2. The minimum Gasteiger partial charge on any atom is -0.440 e. The number of nitrogens with zero attached hydrogens (tertiary/aromatic N) is 1. The summed E-state index contributed by atoms with van der Waals surface area (Å²) in [6, 6.07) is 14.5. The Labute approximate surface area is 143 Å². The summed E-state index contributed by atoms with van der Waals surface area (Å²) in [7, 11) is 0. The Morgan fingerprint density at radius 3 is 2.50 bits per heavy atom. The zero-order valence-electron chi connectivity index (χ0n) is 12.6. The van der Waals surface area contributed by atoms with Crippen LogP contribution in [0.5, 0.6) is 0 Å². The van der Waals surface area contributed by atoms with E-state index in [1.807, 2.05) is 24.3 Å². The van der Waals surface area contributed by atoms with Gasteiger partial charge < -0.3 is 4.42 Å². The van der Waals surface area contributed by atoms with Crippen molar-refractivity contribution >= 4 is 23.2 Å². The van der Waals surface area contributed by atoms with Crippen molar-refractivity contribution in [2.75, 3.05) is 0 Å². The van der Waals surface area contributed by atoms with E-state index in [9.17, 15) is 9.59 Å². The highest BCUT2D eigenvalue weighted by atomic mass is 35.5. The van der Waals surface area contributed by atoms with Gasteiger partial charge in [0, 0.05) is 22.6 Å². The largest absolute Gasteiger partial charge is 0.440 e. The van der Waals surface area contributed by atoms with Crippen molar-refractivity contribution in [2.24, 2.45) is 0 Å². The molecule has 2 aromatic carbocycles. The maximum atomic E-state index is 12.2. The summed E-state index contributed by atoms with van der Waals surface area (Å²) in [6.07, 6.45) is 1.21. The number of halogens is 1. The fraction of sp³-hybridized carbons (Fsp3) is 0.105. The van der Waals surface area contributed by atoms with Crippen molar-refractivity contribution in [1.82, 2.24) is 4.98 Å². The molecule has 5 heteroatoms. The Morgan fingerprint density at radius 1 is 0.917 bits per heavy atom. The van der Waals surface area contributed by atoms with Crippen LogP contribution >= 0.6 is 11.6 Å². The lowest BCUT2D eigenvalue weighted by molar-refractivity contribution is 0.0812. The minimum absolute atomic E-state index is 0.111. The highest BCUT2D eigenvalue weighted by Gasteiger charge is 2.34. The molecule has 3 aromatic rings. The zero-order valence-corrected chi connectivity index (χ0v) is 13.3. The normalized spacial score (nSPS) is 12.9. The fourth-order valence-corrected chi connectivity index (χ4v) is 3.07. The monoisotopic (exact) mass is 337 g/mol. The van der Waals surface area contributed by atoms with Gasteiger partial charge in [0.1, 0.15) is 0 Å². The van der Waals surface area contributed by atoms with Crippen molar-refractivity contribution in [3.8, 4) is 11.3 Å². The second-order valence-corrected chi connectivity index (χ2v) is 6.06. The predicted molar refractivity (Wildman–Crippen MR) is 89.5 cm³/mol. The molecule has 4 rings (SSSR count). The van der Waals surface area contributed by atoms with Gasteiger partial charge in [-0.2, -0.15) is 0 Å². The van der Waals surface area contributed by atoms with Crippen LogP contribution in [-0.4, -0.2) is 16.6 Å². The van der Waals surface area contributed by atoms with E-state index < -0.39 is 11.6 Å². The second-order valence-electron chi connectivity index (χ2n) is 5.62. The van der Waals surface area contributed by atoms with E-state index in [1.165, 1.54) is 0 Å². The van der Waals surface area contributed by atoms with Crippen LogP contribution in [0.3, 0.4) is 0 Å². The highest BCUT2D eigenvalue weighted by Crippen LogP contribution is 2.34. The molecular weight excluding hydrogens is 326 g/mol. The lowest BCUT2D eigenvalue weighted by Crippen LogP contribution is -2.20. The average molecular weight is 338 g/mol. The van der Waals surface area contributed by atoms with E-state index in [2.05, 4.69) is 4.98 Å². The van der Waals surface area contributed by atoms with Crippen LogP contribution in [0.25, 0.3) is 11.3 Å². The summed E-state index contributed by atoms with van der Waals surface area (Å²) in [5, 5.41) is 0.675. The Morgan fingerprint density at radius 2 is 1.71 bits per heavy atom. The van der Waals surface area contributed by atoms with Gasteiger partial charge in [0.15, 0.2) is 17.3 Å². The van der Waals surface area contributed by atoms with Gasteiger partial charge >= 0.3 is 0 Å². The van der Waals surface area contributed by atoms with E-state index in [0.717, 1.165) is 5.56 Å². The maximum absolute atomic E-state index is 12.2. The van der Waals surface area contributed by atoms with Gasteiger partial charge in [-0.25, -0.2) is 4.98 Å². The standard InChI is InChI=1S/C19H12ClNO3/c20-12-5-3-4-11(10-12)8-9-15-21-16-18(23)17(22)13-6-1-2-7-14(13)19(16)24-15/h1-7,10H,8-9H2. The van der Waals surface area contributed by atoms with Crippen LogP contribution in [0.1, 0.15) is 32.3 Å². The second kappa shape index (κ2) is 5.73. The Bertz CT molecular complexity index is 974. The van der Waals surface area contributed by atoms with Gasteiger partial charge in [-0.15, -0.1) is 0 Å². The average Bonchev–Trinajstić information content (AvgIpc) is 3.03. The van der Waals surface area contributed by atoms with Crippen molar-refractivity contribution in [2.45, 2.75) is 12.8 Å². The molecule has 118 valence electrons. The van der Waals surface area contributed by atoms with E-state index in [4.69, 9.17) is 16.0 Å². The zero-order chi connectivity index (χ0) is 16.7. The number of carbonyl (C=O) groups excluding carboxylic acids is 2. The van der Waals surface area contributed by atoms with Crippen LogP contribution in [0.15, 0.2) is 52.9 Å². The highest BCUT2D eigenvalue weighted by molar-refractivity contribution is 6.52. The molecule has 1 heterocycles. The van der Waals surface area contributed by atoms with Gasteiger partial charge in [0.2, 0.25) is 5.78 Å². The number of hydrogen-bond donors (Lipinski definition) is 0. The number of fused-ring (bicyclic) bond motifs is 3. The fourth-order valence-electron chi connectivity index (χ4n) is 2.86. The lowest BCUT2D eigenvalue weighted by Gasteiger charge is -2.10. The molecule has 0 spiro atoms. The maximum Gasteiger partial charge on any atom is 0.255 e. The van der Waals surface area contributed by atoms with Gasteiger partial charge in [-0.05, 0) is 24.1 Å². The minimum atomic E-state index is -0.610. The van der Waals surface area contributed by atoms with Gasteiger partial charge in [0.25, 0.3) is 5.78 Å². The smallest absolute Gasteiger partial charge is 0.255 e. The van der Waals surface area contributed by atoms with Crippen molar-refractivity contribution in [3.63, 3.8) is 0 Å². The summed E-state index contributed by atoms with van der Waals surface area (Å²) in [5.74, 6) is -0.316. The van der Waals surface area contributed by atoms with E-state index >= 15 is 0 Å². The molecule has 0 N–H and O–H groups in total. The van der Waals surface area contributed by atoms with Gasteiger partial charge in [0.05, 0.1) is 0 Å². The first-order chi connectivity index (χ1) is 11.6. The third-order valence-corrected chi connectivity index (χ3v) is 4.26. The molecule has 0 amide bonds. The number of Topliss-reactive ketones (excluding diaryl/α,β-unsaturated/α-hetero) is 2. The number of aryl methyl sites for hydroxylation is 2. The molecule has 0 saturated heterocycles. The third kappa shape index (κ3) is 2.45. The molecule has 0 aliphatic heterocycles. The van der Waals surface area contributed by atoms with Crippen LogP contribution < -0.4 is 0 Å². The van der Waals surface area contributed by atoms with E-state index in [-0.39, 0.29) is 5.69 Å².